The lowest BCUT2D eigenvalue weighted by Gasteiger charge is -2.11. The van der Waals surface area contributed by atoms with Crippen LogP contribution in [-0.4, -0.2) is 51.4 Å². The quantitative estimate of drug-likeness (QED) is 0.291. The highest BCUT2D eigenvalue weighted by atomic mass is 32.2. The molecule has 0 aliphatic carbocycles. The molecule has 2 aromatic carbocycles. The molecule has 2 aromatic heterocycles. The average Bonchev–Trinajstić information content (AvgIpc) is 3.53. The molecule has 0 unspecified atom stereocenters. The number of nitrogens with zero attached hydrogens (tertiary/aromatic N) is 4. The number of rotatable bonds is 9. The van der Waals surface area contributed by atoms with Crippen LogP contribution in [0.4, 0.5) is 5.69 Å². The first-order chi connectivity index (χ1) is 16.6. The number of hydrogen-bond acceptors (Lipinski definition) is 7. The molecule has 4 aromatic rings. The van der Waals surface area contributed by atoms with Crippen LogP contribution < -0.4 is 10.1 Å². The summed E-state index contributed by atoms with van der Waals surface area (Å²) in [6.45, 7) is 0. The van der Waals surface area contributed by atoms with Gasteiger partial charge in [-0.25, -0.2) is 9.47 Å². The molecule has 174 valence electrons. The predicted molar refractivity (Wildman–Crippen MR) is 128 cm³/mol. The third kappa shape index (κ3) is 5.46. The maximum atomic E-state index is 12.5. The number of thioether (sulfide) groups is 1. The molecule has 0 aliphatic rings. The van der Waals surface area contributed by atoms with Gasteiger partial charge >= 0.3 is 5.97 Å². The predicted octanol–water partition coefficient (Wildman–Crippen LogP) is 3.51. The van der Waals surface area contributed by atoms with Crippen molar-refractivity contribution < 1.29 is 19.1 Å². The van der Waals surface area contributed by atoms with Gasteiger partial charge < -0.3 is 14.8 Å². The Kier molecular flexibility index (Phi) is 7.28. The fourth-order valence-electron chi connectivity index (χ4n) is 3.25. The maximum Gasteiger partial charge on any atom is 0.337 e. The number of amides is 1. The Morgan fingerprint density at radius 3 is 2.32 bits per heavy atom. The first-order valence-corrected chi connectivity index (χ1v) is 11.4. The van der Waals surface area contributed by atoms with E-state index in [2.05, 4.69) is 20.3 Å². The minimum atomic E-state index is -0.428. The fraction of sp³-hybridized carbons (Fsp3) is 0.167. The maximum absolute atomic E-state index is 12.5. The van der Waals surface area contributed by atoms with Gasteiger partial charge in [0.05, 0.1) is 25.5 Å². The van der Waals surface area contributed by atoms with E-state index >= 15 is 0 Å². The van der Waals surface area contributed by atoms with E-state index in [1.165, 1.54) is 18.9 Å². The topological polar surface area (TPSA) is 100 Å². The van der Waals surface area contributed by atoms with Crippen molar-refractivity contribution in [2.45, 2.75) is 11.6 Å². The molecular weight excluding hydrogens is 454 g/mol. The second-order valence-corrected chi connectivity index (χ2v) is 8.15. The van der Waals surface area contributed by atoms with Gasteiger partial charge in [0.15, 0.2) is 5.82 Å². The Labute approximate surface area is 200 Å². The standard InChI is InChI=1S/C24H23N5O4S/c1-32-20-11-5-17(6-12-20)15-21-26-27-24(29(21)28-13-3-4-14-28)34-16-22(30)25-19-9-7-18(8-10-19)23(31)33-2/h3-14H,15-16H2,1-2H3,(H,25,30). The lowest BCUT2D eigenvalue weighted by atomic mass is 10.1. The van der Waals surface area contributed by atoms with Crippen molar-refractivity contribution in [3.05, 3.63) is 90.0 Å². The highest BCUT2D eigenvalue weighted by Gasteiger charge is 2.16. The first-order valence-electron chi connectivity index (χ1n) is 10.4. The Morgan fingerprint density at radius 2 is 1.68 bits per heavy atom. The van der Waals surface area contributed by atoms with Crippen LogP contribution in [0.3, 0.4) is 0 Å². The number of ether oxygens (including phenoxy) is 2. The minimum Gasteiger partial charge on any atom is -0.497 e. The Morgan fingerprint density at radius 1 is 0.971 bits per heavy atom. The van der Waals surface area contributed by atoms with Crippen LogP contribution in [0.25, 0.3) is 0 Å². The Balaban J connectivity index is 1.45. The van der Waals surface area contributed by atoms with Crippen LogP contribution in [0.1, 0.15) is 21.7 Å². The van der Waals surface area contributed by atoms with E-state index in [0.29, 0.717) is 22.8 Å². The molecule has 0 radical (unpaired) electrons. The number of carbonyl (C=O) groups excluding carboxylic acids is 2. The van der Waals surface area contributed by atoms with Crippen molar-refractivity contribution in [1.29, 1.82) is 0 Å². The molecule has 0 spiro atoms. The monoisotopic (exact) mass is 477 g/mol. The number of benzene rings is 2. The fourth-order valence-corrected chi connectivity index (χ4v) is 4.00. The molecular formula is C24H23N5O4S. The highest BCUT2D eigenvalue weighted by Crippen LogP contribution is 2.21. The summed E-state index contributed by atoms with van der Waals surface area (Å²) in [4.78, 5) is 24.1. The van der Waals surface area contributed by atoms with E-state index in [9.17, 15) is 9.59 Å². The van der Waals surface area contributed by atoms with Gasteiger partial charge in [0, 0.05) is 24.5 Å². The van der Waals surface area contributed by atoms with Crippen LogP contribution in [0, 0.1) is 0 Å². The summed E-state index contributed by atoms with van der Waals surface area (Å²) in [6, 6.07) is 18.1. The zero-order chi connectivity index (χ0) is 23.9. The number of hydrogen-bond donors (Lipinski definition) is 1. The molecule has 1 N–H and O–H groups in total. The van der Waals surface area contributed by atoms with Gasteiger partial charge in [0.2, 0.25) is 11.1 Å². The summed E-state index contributed by atoms with van der Waals surface area (Å²) in [7, 11) is 2.96. The van der Waals surface area contributed by atoms with Crippen molar-refractivity contribution >= 4 is 29.3 Å². The molecule has 9 nitrogen and oxygen atoms in total. The van der Waals surface area contributed by atoms with E-state index < -0.39 is 5.97 Å². The molecule has 4 rings (SSSR count). The molecule has 10 heteroatoms. The van der Waals surface area contributed by atoms with Crippen LogP contribution >= 0.6 is 11.8 Å². The summed E-state index contributed by atoms with van der Waals surface area (Å²) >= 11 is 1.28. The molecule has 0 saturated carbocycles. The van der Waals surface area contributed by atoms with Crippen LogP contribution in [0.5, 0.6) is 5.75 Å². The molecule has 0 bridgehead atoms. The van der Waals surface area contributed by atoms with Gasteiger partial charge in [-0.1, -0.05) is 23.9 Å². The number of nitrogens with one attached hydrogen (secondary N) is 1. The lowest BCUT2D eigenvalue weighted by Crippen LogP contribution is -2.16. The Bertz CT molecular complexity index is 1250. The van der Waals surface area contributed by atoms with Crippen molar-refractivity contribution in [1.82, 2.24) is 19.5 Å². The zero-order valence-corrected chi connectivity index (χ0v) is 19.5. The largest absolute Gasteiger partial charge is 0.497 e. The van der Waals surface area contributed by atoms with Gasteiger partial charge in [-0.2, -0.15) is 0 Å². The summed E-state index contributed by atoms with van der Waals surface area (Å²) < 4.78 is 13.7. The normalized spacial score (nSPS) is 10.6. The molecule has 0 fully saturated rings. The summed E-state index contributed by atoms with van der Waals surface area (Å²) in [5, 5.41) is 12.1. The van der Waals surface area contributed by atoms with Crippen LogP contribution in [-0.2, 0) is 16.0 Å². The number of aromatic nitrogens is 4. The van der Waals surface area contributed by atoms with Gasteiger partial charge in [0.25, 0.3) is 0 Å². The summed E-state index contributed by atoms with van der Waals surface area (Å²) in [5.74, 6) is 1.04. The average molecular weight is 478 g/mol. The number of esters is 1. The van der Waals surface area contributed by atoms with Crippen LogP contribution in [0.15, 0.2) is 78.2 Å². The molecule has 1 amide bonds. The zero-order valence-electron chi connectivity index (χ0n) is 18.7. The number of anilines is 1. The van der Waals surface area contributed by atoms with Crippen LogP contribution in [0.2, 0.25) is 0 Å². The molecule has 0 atom stereocenters. The second kappa shape index (κ2) is 10.7. The van der Waals surface area contributed by atoms with Crippen molar-refractivity contribution in [2.75, 3.05) is 25.3 Å². The minimum absolute atomic E-state index is 0.140. The SMILES string of the molecule is COC(=O)c1ccc(NC(=O)CSc2nnc(Cc3ccc(OC)cc3)n2-n2cccc2)cc1. The van der Waals surface area contributed by atoms with E-state index in [-0.39, 0.29) is 11.7 Å². The summed E-state index contributed by atoms with van der Waals surface area (Å²) in [5.41, 5.74) is 2.07. The van der Waals surface area contributed by atoms with Crippen molar-refractivity contribution in [3.63, 3.8) is 0 Å². The second-order valence-electron chi connectivity index (χ2n) is 7.20. The first kappa shape index (κ1) is 23.1. The van der Waals surface area contributed by atoms with Crippen molar-refractivity contribution in [3.8, 4) is 5.75 Å². The van der Waals surface area contributed by atoms with Crippen molar-refractivity contribution in [2.24, 2.45) is 0 Å². The highest BCUT2D eigenvalue weighted by molar-refractivity contribution is 7.99. The van der Waals surface area contributed by atoms with E-state index in [1.54, 1.807) is 31.4 Å². The molecule has 0 saturated heterocycles. The third-order valence-corrected chi connectivity index (χ3v) is 5.86. The molecule has 0 aliphatic heterocycles. The smallest absolute Gasteiger partial charge is 0.337 e. The molecule has 34 heavy (non-hydrogen) atoms. The van der Waals surface area contributed by atoms with E-state index in [0.717, 1.165) is 17.1 Å². The summed E-state index contributed by atoms with van der Waals surface area (Å²) in [6.07, 6.45) is 4.36. The van der Waals surface area contributed by atoms with Gasteiger partial charge in [-0.15, -0.1) is 10.2 Å². The lowest BCUT2D eigenvalue weighted by molar-refractivity contribution is -0.113. The van der Waals surface area contributed by atoms with Gasteiger partial charge in [-0.05, 0) is 54.1 Å². The van der Waals surface area contributed by atoms with Gasteiger partial charge in [0.1, 0.15) is 5.75 Å². The molecule has 2 heterocycles. The number of carbonyl (C=O) groups is 2. The Hall–Kier alpha value is -4.05. The third-order valence-electron chi connectivity index (χ3n) is 4.94. The number of methoxy groups -OCH3 is 2. The van der Waals surface area contributed by atoms with E-state index in [1.807, 2.05) is 58.1 Å². The van der Waals surface area contributed by atoms with Gasteiger partial charge in [-0.3, -0.25) is 9.47 Å². The van der Waals surface area contributed by atoms with E-state index in [4.69, 9.17) is 4.74 Å².